The number of nitrogens with two attached hydrogens (primary N) is 1. The molecule has 0 saturated carbocycles. The predicted octanol–water partition coefficient (Wildman–Crippen LogP) is 2.30. The first-order chi connectivity index (χ1) is 7.44. The van der Waals surface area contributed by atoms with E-state index in [1.54, 1.807) is 0 Å². The summed E-state index contributed by atoms with van der Waals surface area (Å²) in [5.41, 5.74) is 4.36. The van der Waals surface area contributed by atoms with Gasteiger partial charge >= 0.3 is 0 Å². The van der Waals surface area contributed by atoms with Crippen molar-refractivity contribution in [3.63, 3.8) is 0 Å². The molecule has 1 unspecified atom stereocenters. The molecule has 0 aliphatic rings. The van der Waals surface area contributed by atoms with Gasteiger partial charge in [0.25, 0.3) is 0 Å². The van der Waals surface area contributed by atoms with E-state index in [4.69, 9.17) is 5.84 Å². The molecule has 0 saturated heterocycles. The highest BCUT2D eigenvalue weighted by Gasteiger charge is 2.36. The molecular weight excluding hydrogens is 198 g/mol. The van der Waals surface area contributed by atoms with Crippen LogP contribution in [-0.2, 0) is 0 Å². The van der Waals surface area contributed by atoms with Gasteiger partial charge in [-0.1, -0.05) is 19.4 Å². The Labute approximate surface area is 101 Å². The Balaban J connectivity index is 4.76. The van der Waals surface area contributed by atoms with E-state index < -0.39 is 0 Å². The van der Waals surface area contributed by atoms with E-state index in [9.17, 15) is 0 Å². The number of hydrogen-bond acceptors (Lipinski definition) is 3. The van der Waals surface area contributed by atoms with Crippen LogP contribution in [0.2, 0.25) is 0 Å². The second-order valence-corrected chi connectivity index (χ2v) is 4.92. The van der Waals surface area contributed by atoms with Gasteiger partial charge in [0.2, 0.25) is 0 Å². The molecule has 0 bridgehead atoms. The van der Waals surface area contributed by atoms with Gasteiger partial charge in [0.15, 0.2) is 0 Å². The molecule has 0 aromatic rings. The van der Waals surface area contributed by atoms with E-state index >= 15 is 0 Å². The molecule has 3 N–H and O–H groups in total. The zero-order chi connectivity index (χ0) is 12.8. The molecule has 0 aromatic heterocycles. The molecule has 0 rings (SSSR count). The summed E-state index contributed by atoms with van der Waals surface area (Å²) < 4.78 is 0. The van der Waals surface area contributed by atoms with E-state index in [1.165, 1.54) is 5.57 Å². The Bertz CT molecular complexity index is 207. The molecule has 16 heavy (non-hydrogen) atoms. The monoisotopic (exact) mass is 227 g/mol. The van der Waals surface area contributed by atoms with E-state index in [-0.39, 0.29) is 5.54 Å². The highest BCUT2D eigenvalue weighted by Crippen LogP contribution is 2.28. The third kappa shape index (κ3) is 3.58. The molecule has 3 heteroatoms. The SMILES string of the molecule is C=C(C)CCC(NN)C(CC)(CC)N(C)C. The fraction of sp³-hybridized carbons (Fsp3) is 0.846. The van der Waals surface area contributed by atoms with Gasteiger partial charge in [-0.15, -0.1) is 6.58 Å². The number of nitrogens with zero attached hydrogens (tertiary/aromatic N) is 1. The molecule has 0 heterocycles. The van der Waals surface area contributed by atoms with Crippen LogP contribution in [-0.4, -0.2) is 30.6 Å². The third-order valence-electron chi connectivity index (χ3n) is 3.82. The maximum atomic E-state index is 5.73. The fourth-order valence-corrected chi connectivity index (χ4v) is 2.58. The van der Waals surface area contributed by atoms with E-state index in [0.29, 0.717) is 6.04 Å². The second kappa shape index (κ2) is 7.05. The number of likely N-dealkylation sites (N-methyl/N-ethyl adjacent to an activating group) is 1. The minimum Gasteiger partial charge on any atom is -0.302 e. The molecule has 0 spiro atoms. The Morgan fingerprint density at radius 1 is 1.38 bits per heavy atom. The zero-order valence-electron chi connectivity index (χ0n) is 11.6. The van der Waals surface area contributed by atoms with Gasteiger partial charge in [0.1, 0.15) is 0 Å². The summed E-state index contributed by atoms with van der Waals surface area (Å²) in [6.45, 7) is 10.5. The van der Waals surface area contributed by atoms with Crippen molar-refractivity contribution < 1.29 is 0 Å². The number of nitrogens with one attached hydrogen (secondary N) is 1. The normalized spacial score (nSPS) is 14.2. The summed E-state index contributed by atoms with van der Waals surface area (Å²) in [5.74, 6) is 5.73. The van der Waals surface area contributed by atoms with Crippen LogP contribution in [0, 0.1) is 0 Å². The van der Waals surface area contributed by atoms with Crippen molar-refractivity contribution in [2.45, 2.75) is 58.0 Å². The molecule has 0 fully saturated rings. The first kappa shape index (κ1) is 15.6. The van der Waals surface area contributed by atoms with Crippen molar-refractivity contribution in [1.82, 2.24) is 10.3 Å². The lowest BCUT2D eigenvalue weighted by molar-refractivity contribution is 0.0843. The van der Waals surface area contributed by atoms with Crippen molar-refractivity contribution in [2.24, 2.45) is 5.84 Å². The van der Waals surface area contributed by atoms with Crippen molar-refractivity contribution >= 4 is 0 Å². The van der Waals surface area contributed by atoms with Crippen molar-refractivity contribution in [3.05, 3.63) is 12.2 Å². The second-order valence-electron chi connectivity index (χ2n) is 4.92. The van der Waals surface area contributed by atoms with Gasteiger partial charge in [-0.2, -0.15) is 0 Å². The largest absolute Gasteiger partial charge is 0.302 e. The fourth-order valence-electron chi connectivity index (χ4n) is 2.58. The van der Waals surface area contributed by atoms with Crippen molar-refractivity contribution in [3.8, 4) is 0 Å². The van der Waals surface area contributed by atoms with E-state index in [1.807, 2.05) is 0 Å². The number of hydrogen-bond donors (Lipinski definition) is 2. The lowest BCUT2D eigenvalue weighted by atomic mass is 9.81. The van der Waals surface area contributed by atoms with Gasteiger partial charge in [-0.25, -0.2) is 0 Å². The predicted molar refractivity (Wildman–Crippen MR) is 72.2 cm³/mol. The van der Waals surface area contributed by atoms with Crippen LogP contribution in [0.5, 0.6) is 0 Å². The van der Waals surface area contributed by atoms with Crippen molar-refractivity contribution in [1.29, 1.82) is 0 Å². The van der Waals surface area contributed by atoms with Gasteiger partial charge < -0.3 is 4.90 Å². The van der Waals surface area contributed by atoms with Gasteiger partial charge in [0.05, 0.1) is 0 Å². The molecule has 0 aromatic carbocycles. The molecule has 0 aliphatic carbocycles. The number of hydrazine groups is 1. The number of rotatable bonds is 8. The lowest BCUT2D eigenvalue weighted by Crippen LogP contribution is -2.60. The maximum Gasteiger partial charge on any atom is 0.0397 e. The molecule has 0 radical (unpaired) electrons. The quantitative estimate of drug-likeness (QED) is 0.380. The van der Waals surface area contributed by atoms with Gasteiger partial charge in [-0.05, 0) is 46.7 Å². The smallest absolute Gasteiger partial charge is 0.0397 e. The summed E-state index contributed by atoms with van der Waals surface area (Å²) in [4.78, 5) is 2.30. The van der Waals surface area contributed by atoms with Crippen LogP contribution < -0.4 is 11.3 Å². The third-order valence-corrected chi connectivity index (χ3v) is 3.82. The Morgan fingerprint density at radius 2 is 1.88 bits per heavy atom. The summed E-state index contributed by atoms with van der Waals surface area (Å²) in [6, 6.07) is 0.314. The van der Waals surface area contributed by atoms with Crippen LogP contribution in [0.15, 0.2) is 12.2 Å². The Hall–Kier alpha value is -0.380. The summed E-state index contributed by atoms with van der Waals surface area (Å²) in [7, 11) is 4.27. The summed E-state index contributed by atoms with van der Waals surface area (Å²) >= 11 is 0. The Morgan fingerprint density at radius 3 is 2.12 bits per heavy atom. The van der Waals surface area contributed by atoms with Crippen LogP contribution in [0.3, 0.4) is 0 Å². The molecule has 1 atom stereocenters. The zero-order valence-corrected chi connectivity index (χ0v) is 11.6. The average Bonchev–Trinajstić information content (AvgIpc) is 2.23. The van der Waals surface area contributed by atoms with Gasteiger partial charge in [-0.3, -0.25) is 11.3 Å². The maximum absolute atomic E-state index is 5.73. The first-order valence-electron chi connectivity index (χ1n) is 6.22. The standard InChI is InChI=1S/C13H29N3/c1-7-13(8-2,16(5)6)12(15-14)10-9-11(3)4/h12,15H,3,7-10,14H2,1-2,4-6H3. The highest BCUT2D eigenvalue weighted by atomic mass is 15.3. The van der Waals surface area contributed by atoms with E-state index in [0.717, 1.165) is 25.7 Å². The van der Waals surface area contributed by atoms with Crippen LogP contribution in [0.4, 0.5) is 0 Å². The summed E-state index contributed by atoms with van der Waals surface area (Å²) in [5, 5.41) is 0. The van der Waals surface area contributed by atoms with Crippen molar-refractivity contribution in [2.75, 3.05) is 14.1 Å². The average molecular weight is 227 g/mol. The first-order valence-corrected chi connectivity index (χ1v) is 6.22. The minimum absolute atomic E-state index is 0.143. The Kier molecular flexibility index (Phi) is 6.88. The lowest BCUT2D eigenvalue weighted by Gasteiger charge is -2.45. The minimum atomic E-state index is 0.143. The highest BCUT2D eigenvalue weighted by molar-refractivity contribution is 4.99. The summed E-state index contributed by atoms with van der Waals surface area (Å²) in [6.07, 6.45) is 4.28. The number of allylic oxidation sites excluding steroid dienone is 1. The topological polar surface area (TPSA) is 41.3 Å². The molecule has 96 valence electrons. The molecule has 0 amide bonds. The van der Waals surface area contributed by atoms with Crippen LogP contribution in [0.1, 0.15) is 46.5 Å². The molecule has 3 nitrogen and oxygen atoms in total. The van der Waals surface area contributed by atoms with E-state index in [2.05, 4.69) is 51.8 Å². The van der Waals surface area contributed by atoms with Crippen LogP contribution >= 0.6 is 0 Å². The molecule has 0 aliphatic heterocycles. The van der Waals surface area contributed by atoms with Gasteiger partial charge in [0, 0.05) is 11.6 Å². The molecular formula is C13H29N3. The van der Waals surface area contributed by atoms with Crippen LogP contribution in [0.25, 0.3) is 0 Å².